The average molecular weight is 433 g/mol. The Balaban J connectivity index is 0.000000181. The van der Waals surface area contributed by atoms with Gasteiger partial charge in [-0.1, -0.05) is 104 Å². The van der Waals surface area contributed by atoms with Crippen LogP contribution >= 0.6 is 0 Å². The first-order chi connectivity index (χ1) is 16.2. The summed E-state index contributed by atoms with van der Waals surface area (Å²) in [4.78, 5) is 0. The molecular formula is C33H36. The van der Waals surface area contributed by atoms with Crippen LogP contribution in [0.4, 0.5) is 0 Å². The van der Waals surface area contributed by atoms with Gasteiger partial charge in [-0.2, -0.15) is 0 Å². The number of hydrogen-bond donors (Lipinski definition) is 0. The van der Waals surface area contributed by atoms with Crippen molar-refractivity contribution in [1.82, 2.24) is 0 Å². The SMILES string of the molecule is CC.CC1=CC=C(c2cccc3c2C=CCC3)C=C=C1.Cc1ccc(C2=CCCC=C2)cc1. The van der Waals surface area contributed by atoms with Gasteiger partial charge in [-0.3, -0.25) is 0 Å². The normalized spacial score (nSPS) is 15.6. The minimum atomic E-state index is 1.15. The van der Waals surface area contributed by atoms with E-state index in [1.165, 1.54) is 57.4 Å². The lowest BCUT2D eigenvalue weighted by atomic mass is 9.90. The van der Waals surface area contributed by atoms with Crippen LogP contribution in [-0.2, 0) is 6.42 Å². The molecule has 0 nitrogen and oxygen atoms in total. The first-order valence-corrected chi connectivity index (χ1v) is 12.2. The van der Waals surface area contributed by atoms with Gasteiger partial charge in [0.2, 0.25) is 0 Å². The van der Waals surface area contributed by atoms with Crippen LogP contribution in [0.5, 0.6) is 0 Å². The van der Waals surface area contributed by atoms with Gasteiger partial charge < -0.3 is 0 Å². The number of rotatable bonds is 2. The van der Waals surface area contributed by atoms with Crippen LogP contribution in [0.15, 0.2) is 102 Å². The van der Waals surface area contributed by atoms with E-state index in [1.54, 1.807) is 0 Å². The highest BCUT2D eigenvalue weighted by atomic mass is 14.1. The molecule has 0 atom stereocenters. The third kappa shape index (κ3) is 6.82. The molecule has 2 aromatic rings. The summed E-state index contributed by atoms with van der Waals surface area (Å²) >= 11 is 0. The maximum absolute atomic E-state index is 3.24. The van der Waals surface area contributed by atoms with Gasteiger partial charge in [0, 0.05) is 0 Å². The van der Waals surface area contributed by atoms with E-state index in [4.69, 9.17) is 0 Å². The quantitative estimate of drug-likeness (QED) is 0.414. The fourth-order valence-corrected chi connectivity index (χ4v) is 4.04. The van der Waals surface area contributed by atoms with Crippen molar-refractivity contribution in [2.24, 2.45) is 0 Å². The number of aryl methyl sites for hydroxylation is 2. The molecule has 168 valence electrons. The van der Waals surface area contributed by atoms with Crippen molar-refractivity contribution in [1.29, 1.82) is 0 Å². The summed E-state index contributed by atoms with van der Waals surface area (Å²) in [6, 6.07) is 15.3. The zero-order chi connectivity index (χ0) is 23.5. The third-order valence-electron chi connectivity index (χ3n) is 5.83. The van der Waals surface area contributed by atoms with Crippen molar-refractivity contribution >= 4 is 17.2 Å². The lowest BCUT2D eigenvalue weighted by Gasteiger charge is -2.15. The van der Waals surface area contributed by atoms with Gasteiger partial charge in [-0.05, 0) is 90.7 Å². The summed E-state index contributed by atoms with van der Waals surface area (Å²) in [5.74, 6) is 0. The van der Waals surface area contributed by atoms with E-state index < -0.39 is 0 Å². The van der Waals surface area contributed by atoms with Crippen molar-refractivity contribution in [3.05, 3.63) is 130 Å². The average Bonchev–Trinajstić information content (AvgIpc) is 3.10. The molecule has 0 saturated carbocycles. The van der Waals surface area contributed by atoms with Crippen LogP contribution in [0.1, 0.15) is 67.9 Å². The van der Waals surface area contributed by atoms with Crippen molar-refractivity contribution in [3.8, 4) is 0 Å². The first-order valence-electron chi connectivity index (χ1n) is 12.2. The van der Waals surface area contributed by atoms with E-state index in [2.05, 4.69) is 111 Å². The number of benzene rings is 2. The molecule has 0 heterocycles. The fourth-order valence-electron chi connectivity index (χ4n) is 4.04. The Morgan fingerprint density at radius 1 is 0.727 bits per heavy atom. The zero-order valence-corrected chi connectivity index (χ0v) is 20.6. The number of hydrogen-bond acceptors (Lipinski definition) is 0. The van der Waals surface area contributed by atoms with Gasteiger partial charge >= 0.3 is 0 Å². The minimum Gasteiger partial charge on any atom is -0.120 e. The van der Waals surface area contributed by atoms with Crippen molar-refractivity contribution < 1.29 is 0 Å². The molecule has 0 N–H and O–H groups in total. The van der Waals surface area contributed by atoms with Gasteiger partial charge in [-0.25, -0.2) is 0 Å². The first kappa shape index (κ1) is 24.3. The van der Waals surface area contributed by atoms with Crippen molar-refractivity contribution in [3.63, 3.8) is 0 Å². The molecule has 0 aromatic heterocycles. The Hall–Kier alpha value is -3.34. The summed E-state index contributed by atoms with van der Waals surface area (Å²) in [6.45, 7) is 8.22. The molecule has 2 aromatic carbocycles. The van der Waals surface area contributed by atoms with Crippen molar-refractivity contribution in [2.45, 2.75) is 53.4 Å². The summed E-state index contributed by atoms with van der Waals surface area (Å²) in [5.41, 5.74) is 13.9. The fraction of sp³-hybridized carbons (Fsp3) is 0.242. The van der Waals surface area contributed by atoms with Gasteiger partial charge in [0.1, 0.15) is 0 Å². The van der Waals surface area contributed by atoms with E-state index in [0.29, 0.717) is 0 Å². The van der Waals surface area contributed by atoms with E-state index in [-0.39, 0.29) is 0 Å². The van der Waals surface area contributed by atoms with Crippen LogP contribution in [0, 0.1) is 6.92 Å². The number of allylic oxidation sites excluding steroid dienone is 10. The van der Waals surface area contributed by atoms with Crippen LogP contribution in [-0.4, -0.2) is 0 Å². The molecule has 0 bridgehead atoms. The smallest absolute Gasteiger partial charge is 0.0101 e. The second kappa shape index (κ2) is 12.6. The van der Waals surface area contributed by atoms with Crippen LogP contribution in [0.3, 0.4) is 0 Å². The highest BCUT2D eigenvalue weighted by molar-refractivity contribution is 5.83. The minimum absolute atomic E-state index is 1.15. The lowest BCUT2D eigenvalue weighted by molar-refractivity contribution is 0.984. The summed E-state index contributed by atoms with van der Waals surface area (Å²) < 4.78 is 0. The molecule has 3 aliphatic carbocycles. The Kier molecular flexibility index (Phi) is 9.31. The van der Waals surface area contributed by atoms with Crippen LogP contribution in [0.2, 0.25) is 0 Å². The summed E-state index contributed by atoms with van der Waals surface area (Å²) in [6.07, 6.45) is 24.4. The Bertz CT molecular complexity index is 1150. The highest BCUT2D eigenvalue weighted by Crippen LogP contribution is 2.29. The van der Waals surface area contributed by atoms with E-state index in [1.807, 2.05) is 19.9 Å². The Labute approximate surface area is 200 Å². The third-order valence-corrected chi connectivity index (χ3v) is 5.83. The summed E-state index contributed by atoms with van der Waals surface area (Å²) in [5, 5.41) is 0. The molecule has 0 amide bonds. The van der Waals surface area contributed by atoms with E-state index >= 15 is 0 Å². The lowest BCUT2D eigenvalue weighted by Crippen LogP contribution is -1.98. The van der Waals surface area contributed by atoms with E-state index in [0.717, 1.165) is 12.8 Å². The molecule has 33 heavy (non-hydrogen) atoms. The molecule has 5 rings (SSSR count). The van der Waals surface area contributed by atoms with Gasteiger partial charge in [0.05, 0.1) is 0 Å². The topological polar surface area (TPSA) is 0 Å². The molecule has 0 unspecified atom stereocenters. The molecule has 0 heteroatoms. The molecule has 3 aliphatic rings. The standard InChI is InChI=1S/C18H16.C13H14.C2H6/c1-14-6-4-8-16(13-12-14)18-11-5-9-15-7-2-3-10-17(15)18;1-11-7-9-13(10-8-11)12-5-3-2-4-6-12;1-2/h3,5-6,8-13H,2,7H2,1H3;3,5-10H,2,4H2,1H3;1-2H3. The molecular weight excluding hydrogens is 396 g/mol. The molecule has 0 radical (unpaired) electrons. The second-order valence-corrected chi connectivity index (χ2v) is 8.31. The number of fused-ring (bicyclic) bond motifs is 1. The predicted molar refractivity (Wildman–Crippen MR) is 147 cm³/mol. The molecule has 0 spiro atoms. The van der Waals surface area contributed by atoms with Gasteiger partial charge in [0.25, 0.3) is 0 Å². The maximum Gasteiger partial charge on any atom is -0.0101 e. The monoisotopic (exact) mass is 432 g/mol. The second-order valence-electron chi connectivity index (χ2n) is 8.31. The van der Waals surface area contributed by atoms with Crippen molar-refractivity contribution in [2.75, 3.05) is 0 Å². The predicted octanol–water partition coefficient (Wildman–Crippen LogP) is 9.46. The Morgan fingerprint density at radius 3 is 2.27 bits per heavy atom. The molecule has 0 aliphatic heterocycles. The molecule has 0 fully saturated rings. The maximum atomic E-state index is 3.24. The zero-order valence-electron chi connectivity index (χ0n) is 20.6. The van der Waals surface area contributed by atoms with Crippen LogP contribution < -0.4 is 0 Å². The van der Waals surface area contributed by atoms with E-state index in [9.17, 15) is 0 Å². The Morgan fingerprint density at radius 2 is 1.52 bits per heavy atom. The van der Waals surface area contributed by atoms with Gasteiger partial charge in [0.15, 0.2) is 0 Å². The summed E-state index contributed by atoms with van der Waals surface area (Å²) in [7, 11) is 0. The highest BCUT2D eigenvalue weighted by Gasteiger charge is 2.10. The molecule has 0 saturated heterocycles. The largest absolute Gasteiger partial charge is 0.120 e. The van der Waals surface area contributed by atoms with Gasteiger partial charge in [-0.15, -0.1) is 5.73 Å². The van der Waals surface area contributed by atoms with Crippen LogP contribution in [0.25, 0.3) is 17.2 Å².